The van der Waals surface area contributed by atoms with Crippen molar-refractivity contribution in [3.05, 3.63) is 36.4 Å². The Morgan fingerprint density at radius 1 is 1.33 bits per heavy atom. The molecule has 1 aliphatic rings. The molecule has 1 amide bonds. The van der Waals surface area contributed by atoms with Crippen molar-refractivity contribution in [2.24, 2.45) is 5.41 Å². The number of hydrogen-bond acceptors (Lipinski definition) is 4. The number of carbonyl (C=O) groups excluding carboxylic acids is 2. The summed E-state index contributed by atoms with van der Waals surface area (Å²) in [7, 11) is 1.62. The molecule has 1 unspecified atom stereocenters. The van der Waals surface area contributed by atoms with Crippen molar-refractivity contribution in [2.75, 3.05) is 25.2 Å². The number of rotatable bonds is 6. The molecule has 5 nitrogen and oxygen atoms in total. The largest absolute Gasteiger partial charge is 0.497 e. The van der Waals surface area contributed by atoms with Crippen LogP contribution in [-0.2, 0) is 14.3 Å². The molecular weight excluding hydrogens is 306 g/mol. The predicted molar refractivity (Wildman–Crippen MR) is 93.1 cm³/mol. The zero-order chi connectivity index (χ0) is 17.6. The summed E-state index contributed by atoms with van der Waals surface area (Å²) in [6.45, 7) is 4.31. The van der Waals surface area contributed by atoms with E-state index >= 15 is 0 Å². The highest BCUT2D eigenvalue weighted by molar-refractivity contribution is 5.99. The van der Waals surface area contributed by atoms with Gasteiger partial charge in [-0.3, -0.25) is 9.59 Å². The lowest BCUT2D eigenvalue weighted by Crippen LogP contribution is -2.47. The number of anilines is 1. The van der Waals surface area contributed by atoms with Gasteiger partial charge in [-0.05, 0) is 43.5 Å². The third-order valence-electron chi connectivity index (χ3n) is 4.51. The Morgan fingerprint density at radius 3 is 2.62 bits per heavy atom. The number of piperidine rings is 1. The molecule has 0 bridgehead atoms. The van der Waals surface area contributed by atoms with Gasteiger partial charge in [0.25, 0.3) is 0 Å². The molecule has 0 aliphatic carbocycles. The van der Waals surface area contributed by atoms with Gasteiger partial charge < -0.3 is 14.4 Å². The van der Waals surface area contributed by atoms with Crippen molar-refractivity contribution >= 4 is 17.6 Å². The molecule has 0 saturated carbocycles. The van der Waals surface area contributed by atoms with E-state index in [1.54, 1.807) is 13.2 Å². The van der Waals surface area contributed by atoms with Crippen molar-refractivity contribution in [2.45, 2.75) is 33.1 Å². The van der Waals surface area contributed by atoms with E-state index in [0.717, 1.165) is 30.7 Å². The molecule has 1 aliphatic heterocycles. The first kappa shape index (κ1) is 18.0. The van der Waals surface area contributed by atoms with Gasteiger partial charge >= 0.3 is 5.97 Å². The van der Waals surface area contributed by atoms with Gasteiger partial charge in [0, 0.05) is 19.2 Å². The molecule has 0 aromatic heterocycles. The Morgan fingerprint density at radius 2 is 2.04 bits per heavy atom. The Labute approximate surface area is 143 Å². The van der Waals surface area contributed by atoms with Gasteiger partial charge in [0.05, 0.1) is 12.5 Å². The highest BCUT2D eigenvalue weighted by Crippen LogP contribution is 2.38. The van der Waals surface area contributed by atoms with E-state index in [1.165, 1.54) is 6.92 Å². The summed E-state index contributed by atoms with van der Waals surface area (Å²) < 4.78 is 10.1. The average Bonchev–Trinajstić information content (AvgIpc) is 2.60. The zero-order valence-corrected chi connectivity index (χ0v) is 14.6. The maximum absolute atomic E-state index is 13.1. The summed E-state index contributed by atoms with van der Waals surface area (Å²) >= 11 is 0. The van der Waals surface area contributed by atoms with Crippen molar-refractivity contribution < 1.29 is 19.1 Å². The minimum absolute atomic E-state index is 0.0977. The van der Waals surface area contributed by atoms with E-state index < -0.39 is 5.41 Å². The quantitative estimate of drug-likeness (QED) is 0.592. The Balaban J connectivity index is 2.17. The second-order valence-corrected chi connectivity index (χ2v) is 5.97. The van der Waals surface area contributed by atoms with E-state index in [0.29, 0.717) is 6.54 Å². The molecule has 1 saturated heterocycles. The summed E-state index contributed by atoms with van der Waals surface area (Å²) in [6, 6.07) is 7.54. The van der Waals surface area contributed by atoms with Crippen LogP contribution >= 0.6 is 0 Å². The summed E-state index contributed by atoms with van der Waals surface area (Å²) in [6.07, 6.45) is 6.15. The highest BCUT2D eigenvalue weighted by atomic mass is 16.5. The topological polar surface area (TPSA) is 55.8 Å². The summed E-state index contributed by atoms with van der Waals surface area (Å²) in [5.74, 6) is 0.548. The van der Waals surface area contributed by atoms with Crippen molar-refractivity contribution in [1.82, 2.24) is 0 Å². The second kappa shape index (κ2) is 7.99. The van der Waals surface area contributed by atoms with E-state index in [9.17, 15) is 9.59 Å². The van der Waals surface area contributed by atoms with Crippen molar-refractivity contribution in [3.63, 3.8) is 0 Å². The lowest BCUT2D eigenvalue weighted by molar-refractivity contribution is -0.139. The maximum Gasteiger partial charge on any atom is 0.302 e. The number of amides is 1. The number of ether oxygens (including phenoxy) is 2. The average molecular weight is 331 g/mol. The standard InChI is InChI=1S/C19H25NO4/c1-4-19(12-6-14-24-15(2)21)11-5-13-20(18(19)22)16-7-9-17(23-3)10-8-16/h6-10,12H,4-5,11,13-14H2,1-3H3/b12-6+. The van der Waals surface area contributed by atoms with Gasteiger partial charge in [0.1, 0.15) is 12.4 Å². The molecule has 24 heavy (non-hydrogen) atoms. The fourth-order valence-corrected chi connectivity index (χ4v) is 3.08. The number of hydrogen-bond donors (Lipinski definition) is 0. The molecular formula is C19H25NO4. The lowest BCUT2D eigenvalue weighted by Gasteiger charge is -2.39. The predicted octanol–water partition coefficient (Wildman–Crippen LogP) is 3.34. The van der Waals surface area contributed by atoms with Gasteiger partial charge in [-0.15, -0.1) is 0 Å². The first-order valence-corrected chi connectivity index (χ1v) is 8.29. The smallest absolute Gasteiger partial charge is 0.302 e. The summed E-state index contributed by atoms with van der Waals surface area (Å²) in [5, 5.41) is 0. The first-order valence-electron chi connectivity index (χ1n) is 8.29. The third-order valence-corrected chi connectivity index (χ3v) is 4.51. The Kier molecular flexibility index (Phi) is 6.01. The fourth-order valence-electron chi connectivity index (χ4n) is 3.08. The molecule has 2 rings (SSSR count). The summed E-state index contributed by atoms with van der Waals surface area (Å²) in [5.41, 5.74) is 0.352. The molecule has 1 atom stereocenters. The van der Waals surface area contributed by atoms with Gasteiger partial charge in [-0.1, -0.05) is 19.1 Å². The van der Waals surface area contributed by atoms with Crippen LogP contribution in [0.1, 0.15) is 33.1 Å². The van der Waals surface area contributed by atoms with Crippen LogP contribution in [0.2, 0.25) is 0 Å². The number of benzene rings is 1. The number of methoxy groups -OCH3 is 1. The molecule has 5 heteroatoms. The van der Waals surface area contributed by atoms with Gasteiger partial charge in [-0.2, -0.15) is 0 Å². The number of carbonyl (C=O) groups is 2. The van der Waals surface area contributed by atoms with Crippen LogP contribution in [0.25, 0.3) is 0 Å². The van der Waals surface area contributed by atoms with E-state index in [4.69, 9.17) is 9.47 Å². The zero-order valence-electron chi connectivity index (χ0n) is 14.6. The van der Waals surface area contributed by atoms with E-state index in [2.05, 4.69) is 0 Å². The fraction of sp³-hybridized carbons (Fsp3) is 0.474. The van der Waals surface area contributed by atoms with Gasteiger partial charge in [0.2, 0.25) is 5.91 Å². The van der Waals surface area contributed by atoms with Crippen LogP contribution < -0.4 is 9.64 Å². The van der Waals surface area contributed by atoms with Crippen LogP contribution in [0, 0.1) is 5.41 Å². The van der Waals surface area contributed by atoms with Crippen LogP contribution in [0.4, 0.5) is 5.69 Å². The van der Waals surface area contributed by atoms with E-state index in [-0.39, 0.29) is 18.5 Å². The van der Waals surface area contributed by atoms with Crippen LogP contribution in [-0.4, -0.2) is 32.1 Å². The third kappa shape index (κ3) is 3.96. The maximum atomic E-state index is 13.1. The molecule has 1 heterocycles. The minimum atomic E-state index is -0.529. The molecule has 0 N–H and O–H groups in total. The van der Waals surface area contributed by atoms with Crippen LogP contribution in [0.3, 0.4) is 0 Å². The Hall–Kier alpha value is -2.30. The van der Waals surface area contributed by atoms with Crippen molar-refractivity contribution in [3.8, 4) is 5.75 Å². The summed E-state index contributed by atoms with van der Waals surface area (Å²) in [4.78, 5) is 25.8. The van der Waals surface area contributed by atoms with Crippen molar-refractivity contribution in [1.29, 1.82) is 0 Å². The van der Waals surface area contributed by atoms with Gasteiger partial charge in [-0.25, -0.2) is 0 Å². The molecule has 1 fully saturated rings. The monoisotopic (exact) mass is 331 g/mol. The van der Waals surface area contributed by atoms with E-state index in [1.807, 2.05) is 42.2 Å². The normalized spacial score (nSPS) is 21.1. The molecule has 130 valence electrons. The second-order valence-electron chi connectivity index (χ2n) is 5.97. The number of esters is 1. The van der Waals surface area contributed by atoms with Gasteiger partial charge in [0.15, 0.2) is 0 Å². The molecule has 0 radical (unpaired) electrons. The Bertz CT molecular complexity index is 608. The molecule has 1 aromatic rings. The van der Waals surface area contributed by atoms with Crippen LogP contribution in [0.15, 0.2) is 36.4 Å². The first-order chi connectivity index (χ1) is 11.5. The highest BCUT2D eigenvalue weighted by Gasteiger charge is 2.40. The SMILES string of the molecule is CCC1(/C=C/COC(C)=O)CCCN(c2ccc(OC)cc2)C1=O. The molecule has 1 aromatic carbocycles. The van der Waals surface area contributed by atoms with Crippen LogP contribution in [0.5, 0.6) is 5.75 Å². The number of nitrogens with zero attached hydrogens (tertiary/aromatic N) is 1. The minimum Gasteiger partial charge on any atom is -0.497 e. The molecule has 0 spiro atoms. The lowest BCUT2D eigenvalue weighted by atomic mass is 9.76.